The Morgan fingerprint density at radius 2 is 2.00 bits per heavy atom. The van der Waals surface area contributed by atoms with Gasteiger partial charge in [0, 0.05) is 18.5 Å². The normalized spacial score (nSPS) is 12.1. The lowest BCUT2D eigenvalue weighted by atomic mass is 10.2. The van der Waals surface area contributed by atoms with E-state index >= 15 is 0 Å². The first-order valence-electron chi connectivity index (χ1n) is 7.04. The van der Waals surface area contributed by atoms with Gasteiger partial charge in [-0.15, -0.1) is 0 Å². The summed E-state index contributed by atoms with van der Waals surface area (Å²) in [6.45, 7) is 1.92. The first kappa shape index (κ1) is 14.9. The largest absolute Gasteiger partial charge is 0.493 e. The van der Waals surface area contributed by atoms with Gasteiger partial charge in [-0.1, -0.05) is 0 Å². The van der Waals surface area contributed by atoms with Gasteiger partial charge in [-0.25, -0.2) is 14.5 Å². The van der Waals surface area contributed by atoms with Crippen LogP contribution in [0.25, 0.3) is 5.69 Å². The summed E-state index contributed by atoms with van der Waals surface area (Å²) in [6.07, 6.45) is 3.50. The van der Waals surface area contributed by atoms with Crippen molar-refractivity contribution in [1.82, 2.24) is 24.5 Å². The summed E-state index contributed by atoms with van der Waals surface area (Å²) in [4.78, 5) is 12.2. The molecule has 0 fully saturated rings. The van der Waals surface area contributed by atoms with Crippen LogP contribution in [0.2, 0.25) is 0 Å². The molecule has 2 heterocycles. The smallest absolute Gasteiger partial charge is 0.348 e. The van der Waals surface area contributed by atoms with Crippen molar-refractivity contribution in [1.29, 1.82) is 0 Å². The first-order valence-corrected chi connectivity index (χ1v) is 7.04. The van der Waals surface area contributed by atoms with E-state index < -0.39 is 0 Å². The Kier molecular flexibility index (Phi) is 3.88. The highest BCUT2D eigenvalue weighted by atomic mass is 16.5. The summed E-state index contributed by atoms with van der Waals surface area (Å²) >= 11 is 0. The van der Waals surface area contributed by atoms with E-state index in [9.17, 15) is 4.79 Å². The van der Waals surface area contributed by atoms with Gasteiger partial charge in [-0.05, 0) is 25.1 Å². The minimum Gasteiger partial charge on any atom is -0.493 e. The molecule has 1 unspecified atom stereocenters. The second-order valence-electron chi connectivity index (χ2n) is 4.92. The van der Waals surface area contributed by atoms with Crippen LogP contribution in [0, 0.1) is 0 Å². The zero-order valence-electron chi connectivity index (χ0n) is 13.1. The number of methoxy groups -OCH3 is 2. The fourth-order valence-corrected chi connectivity index (χ4v) is 2.43. The van der Waals surface area contributed by atoms with Crippen molar-refractivity contribution in [2.24, 2.45) is 0 Å². The Morgan fingerprint density at radius 3 is 2.65 bits per heavy atom. The molecule has 23 heavy (non-hydrogen) atoms. The van der Waals surface area contributed by atoms with Crippen LogP contribution in [0.3, 0.4) is 0 Å². The fraction of sp³-hybridized carbons (Fsp3) is 0.267. The van der Waals surface area contributed by atoms with E-state index in [1.165, 1.54) is 4.57 Å². The van der Waals surface area contributed by atoms with Crippen molar-refractivity contribution >= 4 is 0 Å². The zero-order valence-corrected chi connectivity index (χ0v) is 13.1. The van der Waals surface area contributed by atoms with E-state index in [0.717, 1.165) is 0 Å². The Morgan fingerprint density at radius 1 is 1.22 bits per heavy atom. The molecule has 0 spiro atoms. The monoisotopic (exact) mass is 315 g/mol. The fourth-order valence-electron chi connectivity index (χ4n) is 2.43. The van der Waals surface area contributed by atoms with E-state index in [4.69, 9.17) is 9.47 Å². The number of hydrogen-bond donors (Lipinski definition) is 1. The standard InChI is InChI=1S/C15H17N5O3/c1-10(19-8-4-7-16-19)14-17-18-15(21)20(14)11-5-6-12(22-2)13(9-11)23-3/h4-10H,1-3H3,(H,18,21). The van der Waals surface area contributed by atoms with Crippen molar-refractivity contribution < 1.29 is 9.47 Å². The van der Waals surface area contributed by atoms with E-state index in [1.54, 1.807) is 43.3 Å². The number of ether oxygens (including phenoxy) is 2. The van der Waals surface area contributed by atoms with E-state index in [-0.39, 0.29) is 11.7 Å². The van der Waals surface area contributed by atoms with Crippen LogP contribution in [-0.4, -0.2) is 38.8 Å². The van der Waals surface area contributed by atoms with E-state index in [1.807, 2.05) is 19.2 Å². The third-order valence-electron chi connectivity index (χ3n) is 3.62. The van der Waals surface area contributed by atoms with Crippen molar-refractivity contribution in [3.8, 4) is 17.2 Å². The zero-order chi connectivity index (χ0) is 16.4. The molecule has 0 bridgehead atoms. The molecule has 3 rings (SSSR count). The van der Waals surface area contributed by atoms with Gasteiger partial charge >= 0.3 is 5.69 Å². The van der Waals surface area contributed by atoms with Gasteiger partial charge in [0.25, 0.3) is 0 Å². The highest BCUT2D eigenvalue weighted by molar-refractivity contribution is 5.49. The molecule has 2 aromatic heterocycles. The van der Waals surface area contributed by atoms with Crippen molar-refractivity contribution in [3.05, 3.63) is 53.0 Å². The lowest BCUT2D eigenvalue weighted by Gasteiger charge is -2.14. The summed E-state index contributed by atoms with van der Waals surface area (Å²) in [5, 5.41) is 10.8. The molecule has 0 saturated heterocycles. The second-order valence-corrected chi connectivity index (χ2v) is 4.92. The maximum Gasteiger partial charge on any atom is 0.348 e. The van der Waals surface area contributed by atoms with Gasteiger partial charge < -0.3 is 9.47 Å². The lowest BCUT2D eigenvalue weighted by Crippen LogP contribution is -2.20. The molecule has 0 aliphatic carbocycles. The number of aromatic amines is 1. The minimum atomic E-state index is -0.328. The van der Waals surface area contributed by atoms with Gasteiger partial charge in [0.1, 0.15) is 6.04 Å². The highest BCUT2D eigenvalue weighted by Gasteiger charge is 2.19. The number of benzene rings is 1. The predicted molar refractivity (Wildman–Crippen MR) is 83.3 cm³/mol. The maximum absolute atomic E-state index is 12.2. The number of nitrogens with zero attached hydrogens (tertiary/aromatic N) is 4. The third-order valence-corrected chi connectivity index (χ3v) is 3.62. The Hall–Kier alpha value is -3.03. The molecule has 0 saturated carbocycles. The van der Waals surface area contributed by atoms with E-state index in [0.29, 0.717) is 23.0 Å². The van der Waals surface area contributed by atoms with Crippen molar-refractivity contribution in [2.45, 2.75) is 13.0 Å². The maximum atomic E-state index is 12.2. The predicted octanol–water partition coefficient (Wildman–Crippen LogP) is 1.38. The number of rotatable bonds is 5. The Bertz CT molecular complexity index is 850. The van der Waals surface area contributed by atoms with Gasteiger partial charge in [0.15, 0.2) is 17.3 Å². The van der Waals surface area contributed by atoms with Crippen LogP contribution >= 0.6 is 0 Å². The van der Waals surface area contributed by atoms with Crippen molar-refractivity contribution in [3.63, 3.8) is 0 Å². The molecule has 1 atom stereocenters. The van der Waals surface area contributed by atoms with Crippen LogP contribution in [0.15, 0.2) is 41.5 Å². The van der Waals surface area contributed by atoms with E-state index in [2.05, 4.69) is 15.3 Å². The molecule has 120 valence electrons. The quantitative estimate of drug-likeness (QED) is 0.768. The number of aromatic nitrogens is 5. The van der Waals surface area contributed by atoms with Crippen LogP contribution in [0.5, 0.6) is 11.5 Å². The molecule has 8 nitrogen and oxygen atoms in total. The van der Waals surface area contributed by atoms with Crippen LogP contribution < -0.4 is 15.2 Å². The van der Waals surface area contributed by atoms with Gasteiger partial charge in [-0.2, -0.15) is 10.2 Å². The molecular formula is C15H17N5O3. The Labute approximate surface area is 132 Å². The molecule has 0 amide bonds. The number of hydrogen-bond acceptors (Lipinski definition) is 5. The summed E-state index contributed by atoms with van der Waals surface area (Å²) in [5.74, 6) is 1.68. The lowest BCUT2D eigenvalue weighted by molar-refractivity contribution is 0.354. The molecule has 0 aliphatic heterocycles. The minimum absolute atomic E-state index is 0.211. The SMILES string of the molecule is COc1ccc(-n2c(C(C)n3cccn3)n[nH]c2=O)cc1OC. The third kappa shape index (κ3) is 2.59. The average Bonchev–Trinajstić information content (AvgIpc) is 3.23. The van der Waals surface area contributed by atoms with Crippen LogP contribution in [0.4, 0.5) is 0 Å². The summed E-state index contributed by atoms with van der Waals surface area (Å²) in [5.41, 5.74) is 0.307. The average molecular weight is 315 g/mol. The van der Waals surface area contributed by atoms with Gasteiger partial charge in [0.05, 0.1) is 19.9 Å². The molecule has 1 aromatic carbocycles. The van der Waals surface area contributed by atoms with Crippen LogP contribution in [-0.2, 0) is 0 Å². The molecule has 1 N–H and O–H groups in total. The second kappa shape index (κ2) is 5.99. The van der Waals surface area contributed by atoms with Gasteiger partial charge in [-0.3, -0.25) is 4.68 Å². The number of nitrogens with one attached hydrogen (secondary N) is 1. The molecule has 0 radical (unpaired) electrons. The first-order chi connectivity index (χ1) is 11.2. The summed E-state index contributed by atoms with van der Waals surface area (Å²) in [6, 6.07) is 6.86. The summed E-state index contributed by atoms with van der Waals surface area (Å²) in [7, 11) is 3.11. The van der Waals surface area contributed by atoms with Gasteiger partial charge in [0.2, 0.25) is 0 Å². The molecule has 8 heteroatoms. The molecule has 3 aromatic rings. The van der Waals surface area contributed by atoms with Crippen LogP contribution in [0.1, 0.15) is 18.8 Å². The Balaban J connectivity index is 2.10. The highest BCUT2D eigenvalue weighted by Crippen LogP contribution is 2.29. The number of H-pyrrole nitrogens is 1. The topological polar surface area (TPSA) is 87.0 Å². The molecule has 0 aliphatic rings. The molecular weight excluding hydrogens is 298 g/mol. The summed E-state index contributed by atoms with van der Waals surface area (Å²) < 4.78 is 13.7. The van der Waals surface area contributed by atoms with Crippen molar-refractivity contribution in [2.75, 3.05) is 14.2 Å².